The van der Waals surface area contributed by atoms with E-state index in [-0.39, 0.29) is 12.1 Å². The average molecular weight is 404 g/mol. The number of benzene rings is 1. The van der Waals surface area contributed by atoms with Gasteiger partial charge in [0.25, 0.3) is 0 Å². The van der Waals surface area contributed by atoms with Crippen LogP contribution in [-0.4, -0.2) is 41.3 Å². The normalized spacial score (nSPS) is 19.6. The van der Waals surface area contributed by atoms with Crippen LogP contribution in [0, 0.1) is 0 Å². The van der Waals surface area contributed by atoms with E-state index in [1.54, 1.807) is 0 Å². The first-order valence-corrected chi connectivity index (χ1v) is 11.3. The van der Waals surface area contributed by atoms with Crippen LogP contribution >= 0.6 is 0 Å². The number of hydrogen-bond acceptors (Lipinski definition) is 4. The Hall–Kier alpha value is -2.39. The van der Waals surface area contributed by atoms with Crippen molar-refractivity contribution in [3.8, 4) is 0 Å². The van der Waals surface area contributed by atoms with Gasteiger partial charge in [0.2, 0.25) is 10.0 Å². The Kier molecular flexibility index (Phi) is 4.88. The molecule has 0 bridgehead atoms. The molecule has 2 heterocycles. The van der Waals surface area contributed by atoms with E-state index in [9.17, 15) is 13.2 Å². The monoisotopic (exact) mass is 403 g/mol. The minimum atomic E-state index is -3.22. The van der Waals surface area contributed by atoms with Crippen molar-refractivity contribution < 1.29 is 13.2 Å². The van der Waals surface area contributed by atoms with Gasteiger partial charge in [0, 0.05) is 37.1 Å². The Labute approximate surface area is 165 Å². The van der Waals surface area contributed by atoms with Crippen LogP contribution in [0.5, 0.6) is 0 Å². The summed E-state index contributed by atoms with van der Waals surface area (Å²) in [6, 6.07) is 5.34. The molecule has 2 aliphatic rings. The van der Waals surface area contributed by atoms with Crippen LogP contribution in [0.15, 0.2) is 24.4 Å². The molecule has 2 amide bonds. The predicted molar refractivity (Wildman–Crippen MR) is 106 cm³/mol. The fourth-order valence-corrected chi connectivity index (χ4v) is 4.95. The maximum Gasteiger partial charge on any atom is 0.319 e. The number of anilines is 1. The molecular formula is C19H25N5O3S. The van der Waals surface area contributed by atoms with Crippen LogP contribution in [0.3, 0.4) is 0 Å². The number of amides is 2. The van der Waals surface area contributed by atoms with Gasteiger partial charge in [-0.2, -0.15) is 9.40 Å². The van der Waals surface area contributed by atoms with Gasteiger partial charge in [0.05, 0.1) is 18.5 Å². The van der Waals surface area contributed by atoms with Crippen LogP contribution in [0.4, 0.5) is 10.5 Å². The van der Waals surface area contributed by atoms with Crippen molar-refractivity contribution in [1.29, 1.82) is 0 Å². The van der Waals surface area contributed by atoms with Crippen molar-refractivity contribution in [2.45, 2.75) is 38.3 Å². The molecule has 0 radical (unpaired) electrons. The molecule has 1 unspecified atom stereocenters. The maximum atomic E-state index is 12.7. The number of nitrogens with zero attached hydrogens (tertiary/aromatic N) is 3. The second-order valence-electron chi connectivity index (χ2n) is 7.50. The number of nitrogens with one attached hydrogen (secondary N) is 2. The minimum absolute atomic E-state index is 0.0438. The molecule has 1 aromatic carbocycles. The van der Waals surface area contributed by atoms with Gasteiger partial charge in [-0.1, -0.05) is 12.1 Å². The topological polar surface area (TPSA) is 96.3 Å². The Morgan fingerprint density at radius 3 is 2.89 bits per heavy atom. The number of hydrogen-bond donors (Lipinski definition) is 2. The molecular weight excluding hydrogens is 378 g/mol. The number of rotatable bonds is 3. The smallest absolute Gasteiger partial charge is 0.319 e. The minimum Gasteiger partial charge on any atom is -0.331 e. The highest BCUT2D eigenvalue weighted by atomic mass is 32.2. The van der Waals surface area contributed by atoms with Gasteiger partial charge in [-0.15, -0.1) is 0 Å². The highest BCUT2D eigenvalue weighted by Crippen LogP contribution is 2.30. The number of sulfonamides is 1. The maximum absolute atomic E-state index is 12.7. The summed E-state index contributed by atoms with van der Waals surface area (Å²) >= 11 is 0. The van der Waals surface area contributed by atoms with E-state index in [4.69, 9.17) is 0 Å². The lowest BCUT2D eigenvalue weighted by atomic mass is 9.93. The first-order chi connectivity index (χ1) is 13.3. The zero-order valence-electron chi connectivity index (χ0n) is 16.1. The first-order valence-electron chi connectivity index (χ1n) is 9.47. The van der Waals surface area contributed by atoms with Gasteiger partial charge in [0.1, 0.15) is 0 Å². The highest BCUT2D eigenvalue weighted by molar-refractivity contribution is 7.88. The molecule has 8 nitrogen and oxygen atoms in total. The summed E-state index contributed by atoms with van der Waals surface area (Å²) in [6.07, 6.45) is 6.53. The van der Waals surface area contributed by atoms with E-state index in [1.165, 1.54) is 16.3 Å². The Morgan fingerprint density at radius 2 is 2.11 bits per heavy atom. The molecule has 1 aliphatic carbocycles. The fraction of sp³-hybridized carbons (Fsp3) is 0.474. The summed E-state index contributed by atoms with van der Waals surface area (Å²) in [6.45, 7) is 0.765. The van der Waals surface area contributed by atoms with Gasteiger partial charge in [0.15, 0.2) is 0 Å². The summed E-state index contributed by atoms with van der Waals surface area (Å²) in [5.74, 6) is 0. The molecule has 1 aliphatic heterocycles. The number of carbonyl (C=O) groups excluding carboxylic acids is 1. The van der Waals surface area contributed by atoms with Crippen molar-refractivity contribution in [2.24, 2.45) is 7.05 Å². The van der Waals surface area contributed by atoms with Gasteiger partial charge < -0.3 is 10.6 Å². The molecule has 1 aromatic heterocycles. The van der Waals surface area contributed by atoms with Crippen molar-refractivity contribution in [1.82, 2.24) is 19.4 Å². The van der Waals surface area contributed by atoms with Crippen molar-refractivity contribution >= 4 is 21.7 Å². The molecule has 1 atom stereocenters. The van der Waals surface area contributed by atoms with E-state index < -0.39 is 10.0 Å². The molecule has 0 spiro atoms. The van der Waals surface area contributed by atoms with E-state index in [0.717, 1.165) is 41.6 Å². The fourth-order valence-electron chi connectivity index (χ4n) is 4.16. The molecule has 0 saturated carbocycles. The predicted octanol–water partition coefficient (Wildman–Crippen LogP) is 1.94. The van der Waals surface area contributed by atoms with E-state index in [2.05, 4.69) is 15.7 Å². The summed E-state index contributed by atoms with van der Waals surface area (Å²) in [5, 5.41) is 10.3. The zero-order chi connectivity index (χ0) is 19.9. The quantitative estimate of drug-likeness (QED) is 0.819. The lowest BCUT2D eigenvalue weighted by molar-refractivity contribution is 0.247. The summed E-state index contributed by atoms with van der Waals surface area (Å²) in [5.41, 5.74) is 4.94. The summed E-state index contributed by atoms with van der Waals surface area (Å²) in [4.78, 5) is 12.7. The van der Waals surface area contributed by atoms with Crippen LogP contribution in [0.1, 0.15) is 41.3 Å². The molecule has 2 aromatic rings. The van der Waals surface area contributed by atoms with Gasteiger partial charge >= 0.3 is 6.03 Å². The molecule has 150 valence electrons. The molecule has 0 saturated heterocycles. The molecule has 2 N–H and O–H groups in total. The van der Waals surface area contributed by atoms with E-state index in [0.29, 0.717) is 19.5 Å². The molecule has 4 rings (SSSR count). The van der Waals surface area contributed by atoms with E-state index >= 15 is 0 Å². The van der Waals surface area contributed by atoms with Crippen LogP contribution in [0.2, 0.25) is 0 Å². The highest BCUT2D eigenvalue weighted by Gasteiger charge is 2.27. The van der Waals surface area contributed by atoms with Crippen molar-refractivity contribution in [3.63, 3.8) is 0 Å². The SMILES string of the molecule is Cn1ncc2c1CCCC2NC(=O)Nc1cccc2c1CCN(S(C)(=O)=O)C2. The Balaban J connectivity index is 1.48. The van der Waals surface area contributed by atoms with Crippen molar-refractivity contribution in [2.75, 3.05) is 18.1 Å². The third kappa shape index (κ3) is 3.64. The third-order valence-corrected chi connectivity index (χ3v) is 6.88. The first kappa shape index (κ1) is 18.9. The lowest BCUT2D eigenvalue weighted by Gasteiger charge is -2.28. The Morgan fingerprint density at radius 1 is 1.29 bits per heavy atom. The summed E-state index contributed by atoms with van der Waals surface area (Å²) in [7, 11) is -1.30. The third-order valence-electron chi connectivity index (χ3n) is 5.63. The van der Waals surface area contributed by atoms with E-state index in [1.807, 2.05) is 36.1 Å². The number of aryl methyl sites for hydroxylation is 1. The molecule has 9 heteroatoms. The standard InChI is InChI=1S/C19H25N5O3S/c1-23-18-8-4-7-17(15(18)11-20-23)22-19(25)21-16-6-3-5-13-12-24(28(2,26)27)10-9-14(13)16/h3,5-6,11,17H,4,7-10,12H2,1-2H3,(H2,21,22,25). The average Bonchev–Trinajstić information content (AvgIpc) is 3.03. The van der Waals surface area contributed by atoms with Crippen molar-refractivity contribution in [3.05, 3.63) is 46.8 Å². The largest absolute Gasteiger partial charge is 0.331 e. The van der Waals surface area contributed by atoms with Gasteiger partial charge in [-0.3, -0.25) is 4.68 Å². The van der Waals surface area contributed by atoms with Crippen LogP contribution in [0.25, 0.3) is 0 Å². The van der Waals surface area contributed by atoms with Crippen LogP contribution in [-0.2, 0) is 36.5 Å². The summed E-state index contributed by atoms with van der Waals surface area (Å²) < 4.78 is 27.0. The second kappa shape index (κ2) is 7.21. The van der Waals surface area contributed by atoms with Gasteiger partial charge in [-0.25, -0.2) is 13.2 Å². The van der Waals surface area contributed by atoms with Gasteiger partial charge in [-0.05, 0) is 42.9 Å². The number of carbonyl (C=O) groups is 1. The van der Waals surface area contributed by atoms with Crippen LogP contribution < -0.4 is 10.6 Å². The Bertz CT molecular complexity index is 1010. The molecule has 28 heavy (non-hydrogen) atoms. The number of fused-ring (bicyclic) bond motifs is 2. The molecule has 0 fully saturated rings. The lowest BCUT2D eigenvalue weighted by Crippen LogP contribution is -2.37. The second-order valence-corrected chi connectivity index (χ2v) is 9.49. The number of aromatic nitrogens is 2. The zero-order valence-corrected chi connectivity index (χ0v) is 16.9. The number of urea groups is 1.